The quantitative estimate of drug-likeness (QED) is 0.0425. The Morgan fingerprint density at radius 3 is 1.62 bits per heavy atom. The predicted octanol–water partition coefficient (Wildman–Crippen LogP) is -5.16. The first-order valence-electron chi connectivity index (χ1n) is 17.9. The zero-order valence-corrected chi connectivity index (χ0v) is 47.1. The van der Waals surface area contributed by atoms with E-state index in [0.717, 1.165) is 42.5 Å². The number of hydrogen-bond donors (Lipinski definition) is 2. The van der Waals surface area contributed by atoms with Crippen molar-refractivity contribution in [2.24, 2.45) is 25.6 Å². The smallest absolute Gasteiger partial charge is 0.744 e. The molecule has 7 aromatic rings. The van der Waals surface area contributed by atoms with Crippen molar-refractivity contribution in [3.63, 3.8) is 0 Å². The van der Waals surface area contributed by atoms with Crippen LogP contribution >= 0.6 is 0 Å². The maximum Gasteiger partial charge on any atom is 1.00 e. The number of hydrazone groups is 1. The van der Waals surface area contributed by atoms with Crippen molar-refractivity contribution >= 4 is 124 Å². The Kier molecular flexibility index (Phi) is 18.6. The SMILES string of the molecule is Nc1ccc2c(c1)C=C(S(=O)(=O)[O-])/C(=N\Nc1ccc(N=Nc3ccc(N=Nc4cc(S(=O)(=O)[O-])c5cccc(S(=O)(=O)[O-])c5c4)c4ccccc34)c3ccc(S(=O)(=O)[O-])cc13)C2=O.[Na+].[Na+].[Na+].[Na+]. The van der Waals surface area contributed by atoms with Crippen molar-refractivity contribution in [3.8, 4) is 0 Å². The molecule has 8 rings (SSSR count). The van der Waals surface area contributed by atoms with E-state index in [2.05, 4.69) is 31.0 Å². The van der Waals surface area contributed by atoms with Gasteiger partial charge in [-0.05, 0) is 84.4 Å². The van der Waals surface area contributed by atoms with Gasteiger partial charge in [-0.25, -0.2) is 33.7 Å². The molecule has 0 radical (unpaired) electrons. The molecule has 3 N–H and O–H groups in total. The van der Waals surface area contributed by atoms with E-state index in [9.17, 15) is 56.7 Å². The molecule has 0 saturated heterocycles. The van der Waals surface area contributed by atoms with Crippen LogP contribution in [0.1, 0.15) is 15.9 Å². The Balaban J connectivity index is 0.00000252. The van der Waals surface area contributed by atoms with Crippen LogP contribution in [-0.2, 0) is 40.5 Å². The zero-order chi connectivity index (χ0) is 45.9. The fourth-order valence-electron chi connectivity index (χ4n) is 6.87. The number of allylic oxidation sites excluding steroid dienone is 1. The monoisotopic (exact) mass is 1030 g/mol. The molecule has 0 amide bonds. The summed E-state index contributed by atoms with van der Waals surface area (Å²) in [5, 5.41) is 21.4. The molecule has 7 aromatic carbocycles. The molecule has 0 saturated carbocycles. The second-order valence-corrected chi connectivity index (χ2v) is 19.2. The number of anilines is 2. The van der Waals surface area contributed by atoms with Crippen LogP contribution in [0.3, 0.4) is 0 Å². The van der Waals surface area contributed by atoms with Gasteiger partial charge in [-0.15, -0.1) is 15.3 Å². The summed E-state index contributed by atoms with van der Waals surface area (Å²) in [7, 11) is -20.6. The van der Waals surface area contributed by atoms with Crippen LogP contribution < -0.4 is 129 Å². The average Bonchev–Trinajstić information content (AvgIpc) is 3.22. The Morgan fingerprint density at radius 2 is 1.04 bits per heavy atom. The molecule has 0 spiro atoms. The number of Topliss-reactive ketones (excluding diaryl/α,β-unsaturated/α-hetero) is 1. The van der Waals surface area contributed by atoms with Crippen molar-refractivity contribution in [1.82, 2.24) is 0 Å². The number of hydrogen-bond acceptors (Lipinski definition) is 20. The van der Waals surface area contributed by atoms with Gasteiger partial charge in [-0.3, -0.25) is 10.2 Å². The molecular weight excluding hydrogens is 1010 g/mol. The second-order valence-electron chi connectivity index (χ2n) is 13.8. The Bertz CT molecular complexity index is 3820. The standard InChI is InChI=1S/C40H27N7O13S4.4Na/c41-22-8-10-25-21(16-22)17-38(64(58,59)60)39(40(25)48)47-46-35-15-14-34(28-11-9-24(20-30(28)35)61(49,50)51)45-44-33-13-12-32(26-4-1-2-5-27(26)33)43-42-23-18-31-29(37(19-23)63(55,56)57)6-3-7-36(31)62(52,53)54;;;;/h1-20,46H,41H2,(H,49,50,51)(H,52,53,54)(H,55,56,57)(H,58,59,60);;;;/q;4*+1/p-4/b43-42?,45-44?,47-39+;;;;. The third-order valence-electron chi connectivity index (χ3n) is 9.72. The van der Waals surface area contributed by atoms with Gasteiger partial charge in [0.2, 0.25) is 5.78 Å². The minimum Gasteiger partial charge on any atom is -0.744 e. The molecule has 68 heavy (non-hydrogen) atoms. The number of nitrogen functional groups attached to an aromatic ring is 1. The molecular formula is C40H23N7Na4O13S4. The fraction of sp³-hybridized carbons (Fsp3) is 0. The van der Waals surface area contributed by atoms with Gasteiger partial charge in [-0.2, -0.15) is 10.2 Å². The molecule has 1 aliphatic rings. The number of ketones is 1. The van der Waals surface area contributed by atoms with E-state index in [1.807, 2.05) is 0 Å². The van der Waals surface area contributed by atoms with Crippen molar-refractivity contribution in [2.45, 2.75) is 14.7 Å². The molecule has 0 aliphatic heterocycles. The molecule has 0 unspecified atom stereocenters. The molecule has 20 nitrogen and oxygen atoms in total. The van der Waals surface area contributed by atoms with E-state index in [-0.39, 0.29) is 185 Å². The molecule has 0 aromatic heterocycles. The Hall–Kier alpha value is -3.16. The fourth-order valence-corrected chi connectivity index (χ4v) is 9.41. The van der Waals surface area contributed by atoms with Gasteiger partial charge < -0.3 is 23.9 Å². The minimum atomic E-state index is -5.27. The third-order valence-corrected chi connectivity index (χ3v) is 13.2. The largest absolute Gasteiger partial charge is 1.00 e. The first kappa shape index (κ1) is 57.4. The molecule has 0 bridgehead atoms. The number of nitrogens with zero attached hydrogens (tertiary/aromatic N) is 5. The molecule has 0 heterocycles. The van der Waals surface area contributed by atoms with Crippen LogP contribution in [0.4, 0.5) is 34.1 Å². The Morgan fingerprint density at radius 1 is 0.485 bits per heavy atom. The van der Waals surface area contributed by atoms with Crippen LogP contribution in [-0.4, -0.2) is 63.4 Å². The number of fused-ring (bicyclic) bond motifs is 4. The van der Waals surface area contributed by atoms with Crippen LogP contribution in [0, 0.1) is 0 Å². The van der Waals surface area contributed by atoms with E-state index in [1.165, 1.54) is 54.6 Å². The van der Waals surface area contributed by atoms with E-state index < -0.39 is 71.6 Å². The summed E-state index contributed by atoms with van der Waals surface area (Å²) >= 11 is 0. The number of nitrogens with two attached hydrogens (primary N) is 1. The molecule has 324 valence electrons. The van der Waals surface area contributed by atoms with E-state index in [1.54, 1.807) is 24.3 Å². The van der Waals surface area contributed by atoms with Crippen LogP contribution in [0.5, 0.6) is 0 Å². The first-order valence-corrected chi connectivity index (χ1v) is 23.5. The van der Waals surface area contributed by atoms with Crippen LogP contribution in [0.2, 0.25) is 0 Å². The second kappa shape index (κ2) is 22.1. The number of rotatable bonds is 10. The van der Waals surface area contributed by atoms with E-state index >= 15 is 0 Å². The third kappa shape index (κ3) is 12.1. The van der Waals surface area contributed by atoms with Gasteiger partial charge in [0.1, 0.15) is 46.2 Å². The van der Waals surface area contributed by atoms with E-state index in [0.29, 0.717) is 10.8 Å². The zero-order valence-electron chi connectivity index (χ0n) is 35.8. The van der Waals surface area contributed by atoms with Gasteiger partial charge in [0, 0.05) is 43.6 Å². The number of azo groups is 2. The van der Waals surface area contributed by atoms with Gasteiger partial charge in [0.15, 0.2) is 0 Å². The van der Waals surface area contributed by atoms with Gasteiger partial charge in [-0.1, -0.05) is 42.5 Å². The topological polar surface area (TPSA) is 346 Å². The summed E-state index contributed by atoms with van der Waals surface area (Å²) in [4.78, 5) is 10.2. The maximum absolute atomic E-state index is 13.4. The van der Waals surface area contributed by atoms with Crippen molar-refractivity contribution in [3.05, 3.63) is 131 Å². The minimum absolute atomic E-state index is 0. The molecule has 0 atom stereocenters. The summed E-state index contributed by atoms with van der Waals surface area (Å²) in [5.74, 6) is -0.929. The number of carbonyl (C=O) groups is 1. The van der Waals surface area contributed by atoms with Crippen molar-refractivity contribution < 1.29 is 175 Å². The number of carbonyl (C=O) groups excluding carboxylic acids is 1. The van der Waals surface area contributed by atoms with Gasteiger partial charge >= 0.3 is 118 Å². The van der Waals surface area contributed by atoms with Gasteiger partial charge in [0.25, 0.3) is 0 Å². The van der Waals surface area contributed by atoms with Crippen LogP contribution in [0.15, 0.2) is 160 Å². The predicted molar refractivity (Wildman–Crippen MR) is 228 cm³/mol. The summed E-state index contributed by atoms with van der Waals surface area (Å²) in [6.07, 6.45) is 0.951. The first-order chi connectivity index (χ1) is 30.1. The van der Waals surface area contributed by atoms with E-state index in [4.69, 9.17) is 5.73 Å². The Labute approximate surface area is 475 Å². The maximum atomic E-state index is 13.4. The summed E-state index contributed by atoms with van der Waals surface area (Å²) in [6.45, 7) is 0. The number of benzene rings is 7. The summed E-state index contributed by atoms with van der Waals surface area (Å²) in [6, 6.07) is 24.9. The van der Waals surface area contributed by atoms with Crippen LogP contribution in [0.25, 0.3) is 38.4 Å². The molecule has 1 aliphatic carbocycles. The summed E-state index contributed by atoms with van der Waals surface area (Å²) in [5.41, 5.74) is 8.08. The van der Waals surface area contributed by atoms with Gasteiger partial charge in [0.05, 0.1) is 48.0 Å². The molecule has 0 fully saturated rings. The molecule has 28 heteroatoms. The normalized spacial score (nSPS) is 13.7. The van der Waals surface area contributed by atoms with Crippen molar-refractivity contribution in [2.75, 3.05) is 11.2 Å². The number of nitrogens with one attached hydrogen (secondary N) is 1. The average molecular weight is 1030 g/mol. The van der Waals surface area contributed by atoms with Crippen molar-refractivity contribution in [1.29, 1.82) is 0 Å². The summed E-state index contributed by atoms with van der Waals surface area (Å²) < 4.78 is 145.